The number of aryl methyl sites for hydroxylation is 2. The minimum atomic E-state index is -0.542. The molecule has 3 heterocycles. The molecule has 2 aromatic rings. The quantitative estimate of drug-likeness (QED) is 0.849. The minimum Gasteiger partial charge on any atom is -0.485 e. The van der Waals surface area contributed by atoms with E-state index < -0.39 is 6.10 Å². The minimum absolute atomic E-state index is 0.0351. The standard InChI is InChI=1S/C20H25N3O3/c1-14-11-21-15(2)23(14)12-16-7-9-22(10-8-16)20(24)19-13-25-17-5-3-4-6-18(17)26-19/h3-6,11,16,19H,7-10,12-13H2,1-2H3. The van der Waals surface area contributed by atoms with Gasteiger partial charge in [0.1, 0.15) is 12.4 Å². The van der Waals surface area contributed by atoms with E-state index in [2.05, 4.69) is 16.5 Å². The van der Waals surface area contributed by atoms with Gasteiger partial charge in [0, 0.05) is 31.5 Å². The number of hydrogen-bond acceptors (Lipinski definition) is 4. The number of carbonyl (C=O) groups excluding carboxylic acids is 1. The van der Waals surface area contributed by atoms with Crippen molar-refractivity contribution in [1.82, 2.24) is 14.5 Å². The second kappa shape index (κ2) is 7.02. The number of ether oxygens (including phenoxy) is 2. The Morgan fingerprint density at radius 3 is 2.62 bits per heavy atom. The molecule has 138 valence electrons. The van der Waals surface area contributed by atoms with Crippen molar-refractivity contribution >= 4 is 5.91 Å². The molecular weight excluding hydrogens is 330 g/mol. The van der Waals surface area contributed by atoms with E-state index in [4.69, 9.17) is 9.47 Å². The predicted octanol–water partition coefficient (Wildman–Crippen LogP) is 2.58. The normalized spacial score (nSPS) is 20.2. The van der Waals surface area contributed by atoms with E-state index in [0.29, 0.717) is 17.4 Å². The fraction of sp³-hybridized carbons (Fsp3) is 0.500. The Balaban J connectivity index is 1.33. The summed E-state index contributed by atoms with van der Waals surface area (Å²) >= 11 is 0. The molecule has 1 atom stereocenters. The van der Waals surface area contributed by atoms with Gasteiger partial charge in [0.05, 0.1) is 0 Å². The van der Waals surface area contributed by atoms with Crippen LogP contribution in [0.5, 0.6) is 11.5 Å². The van der Waals surface area contributed by atoms with Gasteiger partial charge in [-0.2, -0.15) is 0 Å². The molecule has 0 saturated carbocycles. The first kappa shape index (κ1) is 16.9. The van der Waals surface area contributed by atoms with Crippen LogP contribution in [0.25, 0.3) is 0 Å². The number of nitrogens with zero attached hydrogens (tertiary/aromatic N) is 3. The van der Waals surface area contributed by atoms with Gasteiger partial charge < -0.3 is 18.9 Å². The molecule has 1 aromatic carbocycles. The highest BCUT2D eigenvalue weighted by Gasteiger charge is 2.33. The summed E-state index contributed by atoms with van der Waals surface area (Å²) in [5, 5.41) is 0. The Hall–Kier alpha value is -2.50. The van der Waals surface area contributed by atoms with Crippen molar-refractivity contribution in [2.75, 3.05) is 19.7 Å². The lowest BCUT2D eigenvalue weighted by atomic mass is 9.96. The Morgan fingerprint density at radius 1 is 1.19 bits per heavy atom. The molecule has 2 aliphatic heterocycles. The van der Waals surface area contributed by atoms with Crippen molar-refractivity contribution in [1.29, 1.82) is 0 Å². The van der Waals surface area contributed by atoms with Crippen molar-refractivity contribution in [3.63, 3.8) is 0 Å². The largest absolute Gasteiger partial charge is 0.485 e. The molecular formula is C20H25N3O3. The lowest BCUT2D eigenvalue weighted by Crippen LogP contribution is -2.49. The van der Waals surface area contributed by atoms with Crippen molar-refractivity contribution in [2.45, 2.75) is 39.3 Å². The number of para-hydroxylation sites is 2. The summed E-state index contributed by atoms with van der Waals surface area (Å²) in [6.45, 7) is 6.95. The third-order valence-corrected chi connectivity index (χ3v) is 5.41. The summed E-state index contributed by atoms with van der Waals surface area (Å²) in [6.07, 6.45) is 3.39. The number of fused-ring (bicyclic) bond motifs is 1. The van der Waals surface area contributed by atoms with Gasteiger partial charge >= 0.3 is 0 Å². The van der Waals surface area contributed by atoms with Gasteiger partial charge in [0.2, 0.25) is 6.10 Å². The number of imidazole rings is 1. The van der Waals surface area contributed by atoms with E-state index >= 15 is 0 Å². The van der Waals surface area contributed by atoms with Crippen molar-refractivity contribution in [3.8, 4) is 11.5 Å². The maximum atomic E-state index is 12.8. The number of hydrogen-bond donors (Lipinski definition) is 0. The number of benzene rings is 1. The van der Waals surface area contributed by atoms with E-state index in [1.54, 1.807) is 0 Å². The van der Waals surface area contributed by atoms with Crippen LogP contribution in [0.2, 0.25) is 0 Å². The van der Waals surface area contributed by atoms with Crippen LogP contribution in [0.1, 0.15) is 24.4 Å². The van der Waals surface area contributed by atoms with Crippen molar-refractivity contribution in [3.05, 3.63) is 42.0 Å². The smallest absolute Gasteiger partial charge is 0.267 e. The number of piperidine rings is 1. The van der Waals surface area contributed by atoms with Crippen LogP contribution in [-0.4, -0.2) is 46.2 Å². The van der Waals surface area contributed by atoms with Crippen LogP contribution in [0, 0.1) is 19.8 Å². The molecule has 1 amide bonds. The van der Waals surface area contributed by atoms with E-state index in [1.165, 1.54) is 5.69 Å². The number of amides is 1. The average molecular weight is 355 g/mol. The van der Waals surface area contributed by atoms with Gasteiger partial charge in [-0.3, -0.25) is 4.79 Å². The van der Waals surface area contributed by atoms with Crippen LogP contribution in [-0.2, 0) is 11.3 Å². The molecule has 0 radical (unpaired) electrons. The van der Waals surface area contributed by atoms with E-state index in [1.807, 2.05) is 42.3 Å². The van der Waals surface area contributed by atoms with E-state index in [9.17, 15) is 4.79 Å². The highest BCUT2D eigenvalue weighted by Crippen LogP contribution is 2.31. The topological polar surface area (TPSA) is 56.6 Å². The molecule has 0 spiro atoms. The number of aromatic nitrogens is 2. The first-order valence-electron chi connectivity index (χ1n) is 9.28. The average Bonchev–Trinajstić information content (AvgIpc) is 2.99. The second-order valence-corrected chi connectivity index (χ2v) is 7.19. The Kier molecular flexibility index (Phi) is 4.57. The predicted molar refractivity (Wildman–Crippen MR) is 97.4 cm³/mol. The van der Waals surface area contributed by atoms with Gasteiger partial charge in [0.25, 0.3) is 5.91 Å². The molecule has 1 fully saturated rings. The maximum Gasteiger partial charge on any atom is 0.267 e. The number of carbonyl (C=O) groups is 1. The molecule has 1 unspecified atom stereocenters. The Bertz CT molecular complexity index is 774. The molecule has 0 bridgehead atoms. The van der Waals surface area contributed by atoms with Crippen LogP contribution < -0.4 is 9.47 Å². The van der Waals surface area contributed by atoms with Crippen LogP contribution in [0.4, 0.5) is 0 Å². The van der Waals surface area contributed by atoms with Gasteiger partial charge in [-0.05, 0) is 44.7 Å². The Morgan fingerprint density at radius 2 is 1.92 bits per heavy atom. The number of rotatable bonds is 3. The highest BCUT2D eigenvalue weighted by atomic mass is 16.6. The summed E-state index contributed by atoms with van der Waals surface area (Å²) in [6, 6.07) is 7.50. The molecule has 26 heavy (non-hydrogen) atoms. The van der Waals surface area contributed by atoms with Gasteiger partial charge in [0.15, 0.2) is 11.5 Å². The zero-order chi connectivity index (χ0) is 18.1. The zero-order valence-electron chi connectivity index (χ0n) is 15.4. The molecule has 4 rings (SSSR count). The fourth-order valence-electron chi connectivity index (χ4n) is 3.80. The maximum absolute atomic E-state index is 12.8. The third-order valence-electron chi connectivity index (χ3n) is 5.41. The third kappa shape index (κ3) is 3.28. The van der Waals surface area contributed by atoms with Gasteiger partial charge in [-0.25, -0.2) is 4.98 Å². The van der Waals surface area contributed by atoms with Crippen LogP contribution >= 0.6 is 0 Å². The molecule has 6 nitrogen and oxygen atoms in total. The summed E-state index contributed by atoms with van der Waals surface area (Å²) < 4.78 is 13.8. The van der Waals surface area contributed by atoms with Crippen LogP contribution in [0.3, 0.4) is 0 Å². The first-order valence-corrected chi connectivity index (χ1v) is 9.28. The zero-order valence-corrected chi connectivity index (χ0v) is 15.4. The number of likely N-dealkylation sites (tertiary alicyclic amines) is 1. The SMILES string of the molecule is Cc1cnc(C)n1CC1CCN(C(=O)C2COc3ccccc3O2)CC1. The summed E-state index contributed by atoms with van der Waals surface area (Å²) in [4.78, 5) is 19.1. The summed E-state index contributed by atoms with van der Waals surface area (Å²) in [7, 11) is 0. The first-order chi connectivity index (χ1) is 12.6. The van der Waals surface area contributed by atoms with E-state index in [0.717, 1.165) is 38.3 Å². The van der Waals surface area contributed by atoms with E-state index in [-0.39, 0.29) is 12.5 Å². The Labute approximate surface area is 153 Å². The molecule has 1 saturated heterocycles. The molecule has 1 aromatic heterocycles. The van der Waals surface area contributed by atoms with Crippen molar-refractivity contribution in [2.24, 2.45) is 5.92 Å². The monoisotopic (exact) mass is 355 g/mol. The summed E-state index contributed by atoms with van der Waals surface area (Å²) in [5.74, 6) is 3.04. The molecule has 0 N–H and O–H groups in total. The second-order valence-electron chi connectivity index (χ2n) is 7.19. The van der Waals surface area contributed by atoms with Crippen LogP contribution in [0.15, 0.2) is 30.5 Å². The molecule has 2 aliphatic rings. The molecule has 6 heteroatoms. The van der Waals surface area contributed by atoms with Gasteiger partial charge in [-0.1, -0.05) is 12.1 Å². The molecule has 0 aliphatic carbocycles. The highest BCUT2D eigenvalue weighted by molar-refractivity contribution is 5.82. The lowest BCUT2D eigenvalue weighted by Gasteiger charge is -2.35. The van der Waals surface area contributed by atoms with Gasteiger partial charge in [-0.15, -0.1) is 0 Å². The lowest BCUT2D eigenvalue weighted by molar-refractivity contribution is -0.142. The van der Waals surface area contributed by atoms with Crippen molar-refractivity contribution < 1.29 is 14.3 Å². The summed E-state index contributed by atoms with van der Waals surface area (Å²) in [5.41, 5.74) is 1.20. The fourth-order valence-corrected chi connectivity index (χ4v) is 3.80.